The Morgan fingerprint density at radius 2 is 1.13 bits per heavy atom. The smallest absolute Gasteiger partial charge is 0.392 e. The molecular formula is C38H70NO12P. The molecule has 0 radical (unpaired) electrons. The summed E-state index contributed by atoms with van der Waals surface area (Å²) in [5.41, 5.74) is 0. The molecule has 1 saturated carbocycles. The van der Waals surface area contributed by atoms with E-state index in [9.17, 15) is 50.0 Å². The zero-order valence-corrected chi connectivity index (χ0v) is 32.4. The van der Waals surface area contributed by atoms with E-state index in [4.69, 9.17) is 9.05 Å². The number of rotatable bonds is 30. The largest absolute Gasteiger partial charge is 0.472 e. The second kappa shape index (κ2) is 28.9. The first-order valence-corrected chi connectivity index (χ1v) is 21.0. The molecule has 1 aliphatic carbocycles. The van der Waals surface area contributed by atoms with E-state index in [1.807, 2.05) is 12.2 Å². The number of aliphatic hydroxyl groups excluding tert-OH is 7. The summed E-state index contributed by atoms with van der Waals surface area (Å²) >= 11 is 0. The van der Waals surface area contributed by atoms with Crippen LogP contribution in [0, 0.1) is 0 Å². The number of aliphatic hydroxyl groups is 7. The first-order chi connectivity index (χ1) is 24.8. The van der Waals surface area contributed by atoms with Crippen LogP contribution in [0.5, 0.6) is 0 Å². The molecule has 0 saturated heterocycles. The van der Waals surface area contributed by atoms with Gasteiger partial charge >= 0.3 is 7.82 Å². The third-order valence-electron chi connectivity index (χ3n) is 9.20. The van der Waals surface area contributed by atoms with Gasteiger partial charge in [-0.3, -0.25) is 13.8 Å². The van der Waals surface area contributed by atoms with Crippen LogP contribution in [0.2, 0.25) is 0 Å². The Balaban J connectivity index is 2.70. The number of allylic oxidation sites excluding steroid dienone is 4. The summed E-state index contributed by atoms with van der Waals surface area (Å²) in [6.45, 7) is 3.60. The van der Waals surface area contributed by atoms with E-state index in [0.717, 1.165) is 51.4 Å². The highest BCUT2D eigenvalue weighted by Gasteiger charge is 2.51. The summed E-state index contributed by atoms with van der Waals surface area (Å²) in [4.78, 5) is 23.2. The van der Waals surface area contributed by atoms with Crippen LogP contribution in [0.25, 0.3) is 0 Å². The molecule has 0 heterocycles. The van der Waals surface area contributed by atoms with Crippen molar-refractivity contribution in [1.82, 2.24) is 5.32 Å². The molecule has 1 fully saturated rings. The Hall–Kier alpha value is -1.48. The number of amides is 1. The maximum Gasteiger partial charge on any atom is 0.472 e. The lowest BCUT2D eigenvalue weighted by atomic mass is 9.85. The van der Waals surface area contributed by atoms with E-state index in [1.54, 1.807) is 6.08 Å². The Morgan fingerprint density at radius 1 is 0.673 bits per heavy atom. The van der Waals surface area contributed by atoms with Crippen LogP contribution in [0.15, 0.2) is 36.5 Å². The lowest BCUT2D eigenvalue weighted by Gasteiger charge is -2.41. The number of carbonyl (C=O) groups excluding carboxylic acids is 1. The molecule has 13 nitrogen and oxygen atoms in total. The van der Waals surface area contributed by atoms with Crippen molar-refractivity contribution in [3.8, 4) is 0 Å². The molecule has 14 heteroatoms. The molecule has 0 aliphatic heterocycles. The summed E-state index contributed by atoms with van der Waals surface area (Å²) in [6.07, 6.45) is 15.8. The zero-order valence-electron chi connectivity index (χ0n) is 31.5. The number of phosphoric acid groups is 1. The highest BCUT2D eigenvalue weighted by molar-refractivity contribution is 7.47. The number of hydrogen-bond donors (Lipinski definition) is 9. The SMILES string of the molecule is CCCCCC/C=C\CC(O)CC(=O)NC(COP(=O)(O)OC1C(O)C(O)C(O)C(O)C1O)C(O)/C=C/CC/C=C/CCCCCCCCCCC. The molecule has 1 amide bonds. The zero-order chi connectivity index (χ0) is 38.8. The second-order valence-corrected chi connectivity index (χ2v) is 15.4. The Bertz CT molecular complexity index is 1040. The van der Waals surface area contributed by atoms with E-state index in [-0.39, 0.29) is 12.8 Å². The Labute approximate surface area is 311 Å². The van der Waals surface area contributed by atoms with Crippen molar-refractivity contribution < 1.29 is 59.0 Å². The lowest BCUT2D eigenvalue weighted by Crippen LogP contribution is -2.64. The third kappa shape index (κ3) is 21.4. The maximum atomic E-state index is 12.8. The molecule has 0 bridgehead atoms. The van der Waals surface area contributed by atoms with Crippen molar-refractivity contribution in [3.05, 3.63) is 36.5 Å². The number of hydrogen-bond acceptors (Lipinski definition) is 11. The molecule has 0 aromatic rings. The molecule has 1 aliphatic rings. The van der Waals surface area contributed by atoms with Crippen molar-refractivity contribution in [2.24, 2.45) is 0 Å². The minimum Gasteiger partial charge on any atom is -0.392 e. The Kier molecular flexibility index (Phi) is 27.0. The van der Waals surface area contributed by atoms with Crippen molar-refractivity contribution >= 4 is 13.7 Å². The van der Waals surface area contributed by atoms with Gasteiger partial charge in [0.15, 0.2) is 0 Å². The van der Waals surface area contributed by atoms with E-state index in [1.165, 1.54) is 57.4 Å². The summed E-state index contributed by atoms with van der Waals surface area (Å²) in [5.74, 6) is -0.642. The van der Waals surface area contributed by atoms with Crippen LogP contribution >= 0.6 is 7.82 Å². The van der Waals surface area contributed by atoms with Crippen LogP contribution in [0.3, 0.4) is 0 Å². The molecule has 8 unspecified atom stereocenters. The number of unbranched alkanes of at least 4 members (excludes halogenated alkanes) is 14. The van der Waals surface area contributed by atoms with Crippen LogP contribution in [-0.4, -0.2) is 108 Å². The molecule has 1 rings (SSSR count). The predicted molar refractivity (Wildman–Crippen MR) is 201 cm³/mol. The monoisotopic (exact) mass is 763 g/mol. The summed E-state index contributed by atoms with van der Waals surface area (Å²) < 4.78 is 22.7. The van der Waals surface area contributed by atoms with Gasteiger partial charge in [0, 0.05) is 0 Å². The minimum absolute atomic E-state index is 0.246. The highest BCUT2D eigenvalue weighted by Crippen LogP contribution is 2.47. The van der Waals surface area contributed by atoms with Crippen LogP contribution in [0.4, 0.5) is 0 Å². The van der Waals surface area contributed by atoms with Crippen molar-refractivity contribution in [1.29, 1.82) is 0 Å². The van der Waals surface area contributed by atoms with Gasteiger partial charge in [-0.25, -0.2) is 4.57 Å². The Morgan fingerprint density at radius 3 is 1.71 bits per heavy atom. The summed E-state index contributed by atoms with van der Waals surface area (Å²) in [6, 6.07) is -1.27. The first-order valence-electron chi connectivity index (χ1n) is 19.5. The molecule has 0 aromatic carbocycles. The van der Waals surface area contributed by atoms with E-state index in [2.05, 4.69) is 31.3 Å². The van der Waals surface area contributed by atoms with Gasteiger partial charge in [-0.1, -0.05) is 121 Å². The van der Waals surface area contributed by atoms with Gasteiger partial charge in [0.1, 0.15) is 36.6 Å². The molecule has 0 spiro atoms. The van der Waals surface area contributed by atoms with E-state index in [0.29, 0.717) is 6.42 Å². The molecule has 8 atom stereocenters. The van der Waals surface area contributed by atoms with Crippen molar-refractivity contribution in [3.63, 3.8) is 0 Å². The van der Waals surface area contributed by atoms with Gasteiger partial charge in [0.05, 0.1) is 31.3 Å². The van der Waals surface area contributed by atoms with Gasteiger partial charge < -0.3 is 46.0 Å². The van der Waals surface area contributed by atoms with Gasteiger partial charge in [0.2, 0.25) is 5.91 Å². The predicted octanol–water partition coefficient (Wildman–Crippen LogP) is 4.63. The summed E-state index contributed by atoms with van der Waals surface area (Å²) in [5, 5.41) is 73.8. The van der Waals surface area contributed by atoms with Gasteiger partial charge in [-0.05, 0) is 44.9 Å². The van der Waals surface area contributed by atoms with Crippen molar-refractivity contribution in [2.45, 2.75) is 191 Å². The highest BCUT2D eigenvalue weighted by atomic mass is 31.2. The van der Waals surface area contributed by atoms with Gasteiger partial charge in [-0.15, -0.1) is 0 Å². The quantitative estimate of drug-likeness (QED) is 0.0277. The molecular weight excluding hydrogens is 693 g/mol. The minimum atomic E-state index is -5.14. The van der Waals surface area contributed by atoms with Crippen LogP contribution in [-0.2, 0) is 18.4 Å². The third-order valence-corrected chi connectivity index (χ3v) is 10.2. The van der Waals surface area contributed by atoms with Crippen LogP contribution in [0.1, 0.15) is 136 Å². The molecule has 9 N–H and O–H groups in total. The summed E-state index contributed by atoms with van der Waals surface area (Å²) in [7, 11) is -5.14. The molecule has 304 valence electrons. The molecule has 0 aromatic heterocycles. The number of nitrogens with one attached hydrogen (secondary N) is 1. The lowest BCUT2D eigenvalue weighted by molar-refractivity contribution is -0.220. The average molecular weight is 764 g/mol. The van der Waals surface area contributed by atoms with Gasteiger partial charge in [-0.2, -0.15) is 0 Å². The van der Waals surface area contributed by atoms with E-state index < -0.39 is 75.2 Å². The van der Waals surface area contributed by atoms with Crippen LogP contribution < -0.4 is 5.32 Å². The topological polar surface area (TPSA) is 226 Å². The van der Waals surface area contributed by atoms with Crippen molar-refractivity contribution in [2.75, 3.05) is 6.61 Å². The second-order valence-electron chi connectivity index (χ2n) is 14.0. The molecule has 52 heavy (non-hydrogen) atoms. The normalized spacial score (nSPS) is 25.5. The van der Waals surface area contributed by atoms with E-state index >= 15 is 0 Å². The standard InChI is InChI=1S/C38H70NO12P/c1-3-5-7-9-11-12-13-14-15-16-17-18-20-22-24-26-31(41)30(39-32(42)27-29(40)25-23-21-19-10-8-6-4-2)28-50-52(48,49)51-38-36(46)34(44)33(43)35(45)37(38)47/h17-18,21,23-24,26,29-31,33-38,40-41,43-47H,3-16,19-20,22,25,27-28H2,1-2H3,(H,39,42)(H,48,49)/b18-17+,23-21-,26-24+. The fourth-order valence-corrected chi connectivity index (χ4v) is 6.87. The average Bonchev–Trinajstić information content (AvgIpc) is 3.11. The fourth-order valence-electron chi connectivity index (χ4n) is 5.90. The number of carbonyl (C=O) groups is 1. The maximum absolute atomic E-state index is 12.8. The first kappa shape index (κ1) is 48.5. The fraction of sp³-hybridized carbons (Fsp3) is 0.816. The van der Waals surface area contributed by atoms with Gasteiger partial charge in [0.25, 0.3) is 0 Å². The number of phosphoric ester groups is 1.